The Kier molecular flexibility index (Phi) is 4.15. The average Bonchev–Trinajstić information content (AvgIpc) is 2.13. The summed E-state index contributed by atoms with van der Waals surface area (Å²) in [5.41, 5.74) is 5.63. The second-order valence-corrected chi connectivity index (χ2v) is 4.04. The maximum atomic E-state index is 3.45. The minimum atomic E-state index is 1.00. The minimum Gasteiger partial charge on any atom is -0.313 e. The second-order valence-electron chi connectivity index (χ2n) is 4.04. The first kappa shape index (κ1) is 11.3. The van der Waals surface area contributed by atoms with Crippen molar-refractivity contribution in [3.63, 3.8) is 0 Å². The van der Waals surface area contributed by atoms with E-state index in [1.165, 1.54) is 28.7 Å². The number of aryl methyl sites for hydroxylation is 2. The summed E-state index contributed by atoms with van der Waals surface area (Å²) in [4.78, 5) is 0. The van der Waals surface area contributed by atoms with E-state index in [1.807, 2.05) is 0 Å². The Hall–Kier alpha value is -0.820. The molecule has 14 heavy (non-hydrogen) atoms. The quantitative estimate of drug-likeness (QED) is 0.721. The zero-order valence-electron chi connectivity index (χ0n) is 9.78. The van der Waals surface area contributed by atoms with Gasteiger partial charge in [0.2, 0.25) is 0 Å². The number of hydrogen-bond acceptors (Lipinski definition) is 1. The molecule has 1 nitrogen and oxygen atoms in total. The third-order valence-electron chi connectivity index (χ3n) is 2.66. The van der Waals surface area contributed by atoms with Gasteiger partial charge in [0.25, 0.3) is 0 Å². The molecule has 0 aliphatic carbocycles. The monoisotopic (exact) mass is 191 g/mol. The van der Waals surface area contributed by atoms with Crippen LogP contribution in [0, 0.1) is 20.8 Å². The van der Waals surface area contributed by atoms with Gasteiger partial charge >= 0.3 is 0 Å². The lowest BCUT2D eigenvalue weighted by atomic mass is 10.0. The molecule has 0 spiro atoms. The molecule has 0 fully saturated rings. The van der Waals surface area contributed by atoms with E-state index in [9.17, 15) is 0 Å². The van der Waals surface area contributed by atoms with Crippen LogP contribution in [0.5, 0.6) is 0 Å². The predicted octanol–water partition coefficient (Wildman–Crippen LogP) is 3.11. The lowest BCUT2D eigenvalue weighted by Crippen LogP contribution is -2.15. The first-order valence-corrected chi connectivity index (χ1v) is 5.42. The predicted molar refractivity (Wildman–Crippen MR) is 62.7 cm³/mol. The van der Waals surface area contributed by atoms with Gasteiger partial charge in [-0.25, -0.2) is 0 Å². The van der Waals surface area contributed by atoms with Crippen molar-refractivity contribution in [2.24, 2.45) is 0 Å². The van der Waals surface area contributed by atoms with Crippen LogP contribution in [0.3, 0.4) is 0 Å². The number of benzene rings is 1. The lowest BCUT2D eigenvalue weighted by molar-refractivity contribution is 0.672. The zero-order chi connectivity index (χ0) is 10.6. The van der Waals surface area contributed by atoms with Crippen molar-refractivity contribution < 1.29 is 0 Å². The minimum absolute atomic E-state index is 1.00. The molecule has 0 aromatic heterocycles. The van der Waals surface area contributed by atoms with Crippen molar-refractivity contribution in [2.45, 2.75) is 40.7 Å². The lowest BCUT2D eigenvalue weighted by Gasteiger charge is -2.11. The van der Waals surface area contributed by atoms with E-state index in [0.717, 1.165) is 13.1 Å². The molecule has 1 aromatic rings. The van der Waals surface area contributed by atoms with Gasteiger partial charge in [-0.3, -0.25) is 0 Å². The molecular weight excluding hydrogens is 170 g/mol. The first-order chi connectivity index (χ1) is 6.65. The molecule has 0 aliphatic heterocycles. The van der Waals surface area contributed by atoms with Gasteiger partial charge < -0.3 is 5.32 Å². The summed E-state index contributed by atoms with van der Waals surface area (Å²) in [6.07, 6.45) is 1.20. The molecule has 1 rings (SSSR count). The summed E-state index contributed by atoms with van der Waals surface area (Å²) < 4.78 is 0. The standard InChI is InChI=1S/C13H21N/c1-5-6-14-9-13-8-10(2)7-11(3)12(13)4/h7-8,14H,5-6,9H2,1-4H3. The van der Waals surface area contributed by atoms with Gasteiger partial charge in [-0.1, -0.05) is 24.6 Å². The first-order valence-electron chi connectivity index (χ1n) is 5.42. The molecule has 0 atom stereocenters. The summed E-state index contributed by atoms with van der Waals surface area (Å²) in [5, 5.41) is 3.45. The molecule has 0 heterocycles. The van der Waals surface area contributed by atoms with Crippen LogP contribution in [-0.4, -0.2) is 6.54 Å². The summed E-state index contributed by atoms with van der Waals surface area (Å²) in [6, 6.07) is 4.53. The van der Waals surface area contributed by atoms with E-state index in [2.05, 4.69) is 45.1 Å². The van der Waals surface area contributed by atoms with Crippen molar-refractivity contribution >= 4 is 0 Å². The molecule has 0 saturated heterocycles. The Balaban J connectivity index is 2.75. The topological polar surface area (TPSA) is 12.0 Å². The van der Waals surface area contributed by atoms with E-state index in [0.29, 0.717) is 0 Å². The van der Waals surface area contributed by atoms with E-state index >= 15 is 0 Å². The largest absolute Gasteiger partial charge is 0.313 e. The molecule has 0 bridgehead atoms. The van der Waals surface area contributed by atoms with E-state index < -0.39 is 0 Å². The second kappa shape index (κ2) is 5.16. The highest BCUT2D eigenvalue weighted by Crippen LogP contribution is 2.15. The van der Waals surface area contributed by atoms with Crippen LogP contribution in [-0.2, 0) is 6.54 Å². The van der Waals surface area contributed by atoms with Crippen LogP contribution in [0.4, 0.5) is 0 Å². The Morgan fingerprint density at radius 3 is 2.50 bits per heavy atom. The number of rotatable bonds is 4. The van der Waals surface area contributed by atoms with Gasteiger partial charge in [0, 0.05) is 6.54 Å². The summed E-state index contributed by atoms with van der Waals surface area (Å²) >= 11 is 0. The fourth-order valence-electron chi connectivity index (χ4n) is 1.71. The van der Waals surface area contributed by atoms with E-state index in [-0.39, 0.29) is 0 Å². The normalized spacial score (nSPS) is 10.6. The summed E-state index contributed by atoms with van der Waals surface area (Å²) in [5.74, 6) is 0. The fourth-order valence-corrected chi connectivity index (χ4v) is 1.71. The molecule has 0 amide bonds. The van der Waals surface area contributed by atoms with Gasteiger partial charge in [0.1, 0.15) is 0 Å². The molecule has 78 valence electrons. The molecular formula is C13H21N. The summed E-state index contributed by atoms with van der Waals surface area (Å²) in [6.45, 7) is 10.9. The Bertz CT molecular complexity index is 302. The Morgan fingerprint density at radius 1 is 1.14 bits per heavy atom. The van der Waals surface area contributed by atoms with Gasteiger partial charge in [-0.2, -0.15) is 0 Å². The van der Waals surface area contributed by atoms with Crippen molar-refractivity contribution in [1.29, 1.82) is 0 Å². The fraction of sp³-hybridized carbons (Fsp3) is 0.538. The molecule has 0 radical (unpaired) electrons. The van der Waals surface area contributed by atoms with Gasteiger partial charge in [0.05, 0.1) is 0 Å². The van der Waals surface area contributed by atoms with Crippen LogP contribution in [0.15, 0.2) is 12.1 Å². The van der Waals surface area contributed by atoms with Crippen LogP contribution < -0.4 is 5.32 Å². The zero-order valence-corrected chi connectivity index (χ0v) is 9.78. The van der Waals surface area contributed by atoms with E-state index in [4.69, 9.17) is 0 Å². The van der Waals surface area contributed by atoms with Crippen LogP contribution in [0.1, 0.15) is 35.6 Å². The third kappa shape index (κ3) is 2.85. The summed E-state index contributed by atoms with van der Waals surface area (Å²) in [7, 11) is 0. The van der Waals surface area contributed by atoms with Crippen molar-refractivity contribution in [3.05, 3.63) is 34.4 Å². The van der Waals surface area contributed by atoms with Crippen molar-refractivity contribution in [1.82, 2.24) is 5.32 Å². The van der Waals surface area contributed by atoms with Crippen LogP contribution >= 0.6 is 0 Å². The van der Waals surface area contributed by atoms with Crippen molar-refractivity contribution in [3.8, 4) is 0 Å². The van der Waals surface area contributed by atoms with Gasteiger partial charge in [0.15, 0.2) is 0 Å². The van der Waals surface area contributed by atoms with Crippen LogP contribution in [0.2, 0.25) is 0 Å². The molecule has 1 heteroatoms. The maximum Gasteiger partial charge on any atom is 0.0208 e. The molecule has 0 aliphatic rings. The average molecular weight is 191 g/mol. The SMILES string of the molecule is CCCNCc1cc(C)cc(C)c1C. The van der Waals surface area contributed by atoms with Crippen LogP contribution in [0.25, 0.3) is 0 Å². The molecule has 0 unspecified atom stereocenters. The van der Waals surface area contributed by atoms with Gasteiger partial charge in [-0.05, 0) is 50.4 Å². The Morgan fingerprint density at radius 2 is 1.86 bits per heavy atom. The number of nitrogens with one attached hydrogen (secondary N) is 1. The smallest absolute Gasteiger partial charge is 0.0208 e. The van der Waals surface area contributed by atoms with Crippen molar-refractivity contribution in [2.75, 3.05) is 6.54 Å². The maximum absolute atomic E-state index is 3.45. The third-order valence-corrected chi connectivity index (χ3v) is 2.66. The molecule has 1 aromatic carbocycles. The highest BCUT2D eigenvalue weighted by molar-refractivity contribution is 5.37. The molecule has 1 N–H and O–H groups in total. The number of hydrogen-bond donors (Lipinski definition) is 1. The highest BCUT2D eigenvalue weighted by Gasteiger charge is 2.01. The molecule has 0 saturated carbocycles. The van der Waals surface area contributed by atoms with Gasteiger partial charge in [-0.15, -0.1) is 0 Å². The van der Waals surface area contributed by atoms with E-state index in [1.54, 1.807) is 0 Å². The Labute approximate surface area is 87.5 Å². The highest BCUT2D eigenvalue weighted by atomic mass is 14.8.